The minimum atomic E-state index is 1.11. The van der Waals surface area contributed by atoms with Gasteiger partial charge in [0, 0.05) is 12.5 Å². The quantitative estimate of drug-likeness (QED) is 0.616. The van der Waals surface area contributed by atoms with E-state index in [0.29, 0.717) is 0 Å². The highest BCUT2D eigenvalue weighted by Gasteiger charge is 1.91. The van der Waals surface area contributed by atoms with Gasteiger partial charge < -0.3 is 0 Å². The molecule has 0 aliphatic carbocycles. The molecule has 0 aliphatic rings. The maximum atomic E-state index is 3.38. The maximum Gasteiger partial charge on any atom is 0.0197 e. The molecule has 1 aromatic rings. The average Bonchev–Trinajstić information content (AvgIpc) is 1.59. The number of hydrogen-bond donors (Lipinski definition) is 0. The third-order valence-electron chi connectivity index (χ3n) is 0.827. The van der Waals surface area contributed by atoms with E-state index in [9.17, 15) is 0 Å². The van der Waals surface area contributed by atoms with Gasteiger partial charge in [-0.1, -0.05) is 31.9 Å². The van der Waals surface area contributed by atoms with Crippen LogP contribution in [0.2, 0.25) is 0 Å². The summed E-state index contributed by atoms with van der Waals surface area (Å²) < 4.78 is 3.46. The first kappa shape index (κ1) is 8.01. The van der Waals surface area contributed by atoms with Gasteiger partial charge in [0.15, 0.2) is 0 Å². The number of rotatable bonds is 0. The zero-order chi connectivity index (χ0) is 6.85. The Morgan fingerprint density at radius 1 is 1.00 bits per heavy atom. The van der Waals surface area contributed by atoms with Gasteiger partial charge in [0.05, 0.1) is 0 Å². The van der Waals surface area contributed by atoms with Crippen molar-refractivity contribution in [2.24, 2.45) is 0 Å². The second-order valence-electron chi connectivity index (χ2n) is 1.59. The summed E-state index contributed by atoms with van der Waals surface area (Å²) >= 11 is 9.03. The standard InChI is InChI=1S/C6H3Br2I/c7-4-1-5(8)3-6(9)2-4/h1-3H. The molecule has 3 heteroatoms. The maximum absolute atomic E-state index is 3.38. The van der Waals surface area contributed by atoms with Gasteiger partial charge in [-0.05, 0) is 40.8 Å². The lowest BCUT2D eigenvalue weighted by atomic mass is 10.4. The first-order chi connectivity index (χ1) is 4.18. The predicted molar refractivity (Wildman–Crippen MR) is 54.6 cm³/mol. The molecule has 1 rings (SSSR count). The van der Waals surface area contributed by atoms with Gasteiger partial charge in [0.25, 0.3) is 0 Å². The average molecular weight is 362 g/mol. The Labute approximate surface area is 84.4 Å². The minimum Gasteiger partial charge on any atom is -0.0508 e. The molecule has 48 valence electrons. The molecule has 0 unspecified atom stereocenters. The van der Waals surface area contributed by atoms with Crippen molar-refractivity contribution in [1.82, 2.24) is 0 Å². The Morgan fingerprint density at radius 2 is 1.44 bits per heavy atom. The van der Waals surface area contributed by atoms with Gasteiger partial charge in [0.1, 0.15) is 0 Å². The van der Waals surface area contributed by atoms with E-state index in [2.05, 4.69) is 66.6 Å². The lowest BCUT2D eigenvalue weighted by Crippen LogP contribution is -1.70. The van der Waals surface area contributed by atoms with Crippen LogP contribution in [-0.4, -0.2) is 0 Å². The fourth-order valence-corrected chi connectivity index (χ4v) is 3.34. The van der Waals surface area contributed by atoms with E-state index in [1.54, 1.807) is 0 Å². The van der Waals surface area contributed by atoms with E-state index in [4.69, 9.17) is 0 Å². The summed E-state index contributed by atoms with van der Waals surface area (Å²) in [4.78, 5) is 0. The molecular formula is C6H3Br2I. The smallest absolute Gasteiger partial charge is 0.0197 e. The van der Waals surface area contributed by atoms with Gasteiger partial charge >= 0.3 is 0 Å². The van der Waals surface area contributed by atoms with Crippen molar-refractivity contribution in [3.05, 3.63) is 30.7 Å². The zero-order valence-corrected chi connectivity index (χ0v) is 9.70. The Kier molecular flexibility index (Phi) is 2.98. The molecule has 0 radical (unpaired) electrons. The summed E-state index contributed by atoms with van der Waals surface area (Å²) in [6.45, 7) is 0. The van der Waals surface area contributed by atoms with Gasteiger partial charge in [-0.3, -0.25) is 0 Å². The summed E-state index contributed by atoms with van der Waals surface area (Å²) in [6.07, 6.45) is 0. The number of hydrogen-bond acceptors (Lipinski definition) is 0. The van der Waals surface area contributed by atoms with Crippen LogP contribution >= 0.6 is 54.5 Å². The lowest BCUT2D eigenvalue weighted by molar-refractivity contribution is 1.55. The van der Waals surface area contributed by atoms with Crippen LogP contribution in [0.25, 0.3) is 0 Å². The molecule has 0 aromatic heterocycles. The second kappa shape index (κ2) is 3.34. The van der Waals surface area contributed by atoms with Crippen molar-refractivity contribution in [2.75, 3.05) is 0 Å². The first-order valence-electron chi connectivity index (χ1n) is 2.30. The fourth-order valence-electron chi connectivity index (χ4n) is 0.520. The molecule has 9 heavy (non-hydrogen) atoms. The predicted octanol–water partition coefficient (Wildman–Crippen LogP) is 3.82. The van der Waals surface area contributed by atoms with Crippen molar-refractivity contribution in [2.45, 2.75) is 0 Å². The monoisotopic (exact) mass is 360 g/mol. The normalized spacial score (nSPS) is 9.67. The molecule has 0 amide bonds. The summed E-state index contributed by atoms with van der Waals surface area (Å²) in [7, 11) is 0. The summed E-state index contributed by atoms with van der Waals surface area (Å²) in [5.74, 6) is 0. The topological polar surface area (TPSA) is 0 Å². The van der Waals surface area contributed by atoms with Gasteiger partial charge in [0.2, 0.25) is 0 Å². The van der Waals surface area contributed by atoms with E-state index < -0.39 is 0 Å². The molecule has 0 saturated carbocycles. The first-order valence-corrected chi connectivity index (χ1v) is 4.96. The van der Waals surface area contributed by atoms with Crippen LogP contribution in [0.15, 0.2) is 27.1 Å². The molecule has 0 saturated heterocycles. The molecule has 1 aromatic carbocycles. The van der Waals surface area contributed by atoms with E-state index in [1.807, 2.05) is 6.07 Å². The SMILES string of the molecule is Brc1cc(Br)cc(I)c1. The van der Waals surface area contributed by atoms with Gasteiger partial charge in [-0.15, -0.1) is 0 Å². The van der Waals surface area contributed by atoms with Crippen LogP contribution in [0.1, 0.15) is 0 Å². The molecular weight excluding hydrogens is 359 g/mol. The van der Waals surface area contributed by atoms with E-state index >= 15 is 0 Å². The molecule has 0 fully saturated rings. The van der Waals surface area contributed by atoms with Crippen LogP contribution in [0.3, 0.4) is 0 Å². The summed E-state index contributed by atoms with van der Waals surface area (Å²) in [5, 5.41) is 0. The molecule has 0 spiro atoms. The Morgan fingerprint density at radius 3 is 1.78 bits per heavy atom. The highest BCUT2D eigenvalue weighted by Crippen LogP contribution is 2.20. The minimum absolute atomic E-state index is 1.11. The molecule has 0 heterocycles. The molecule has 0 atom stereocenters. The van der Waals surface area contributed by atoms with Crippen molar-refractivity contribution in [3.63, 3.8) is 0 Å². The van der Waals surface area contributed by atoms with Crippen molar-refractivity contribution < 1.29 is 0 Å². The van der Waals surface area contributed by atoms with E-state index in [-0.39, 0.29) is 0 Å². The van der Waals surface area contributed by atoms with Crippen LogP contribution in [0.4, 0.5) is 0 Å². The molecule has 0 bridgehead atoms. The molecule has 0 aliphatic heterocycles. The van der Waals surface area contributed by atoms with E-state index in [1.165, 1.54) is 3.57 Å². The molecule has 0 N–H and O–H groups in total. The summed E-state index contributed by atoms with van der Waals surface area (Å²) in [5.41, 5.74) is 0. The summed E-state index contributed by atoms with van der Waals surface area (Å²) in [6, 6.07) is 6.14. The Bertz CT molecular complexity index is 172. The van der Waals surface area contributed by atoms with Gasteiger partial charge in [-0.2, -0.15) is 0 Å². The third-order valence-corrected chi connectivity index (χ3v) is 2.37. The molecule has 0 nitrogen and oxygen atoms in total. The van der Waals surface area contributed by atoms with Crippen LogP contribution in [0.5, 0.6) is 0 Å². The van der Waals surface area contributed by atoms with Crippen molar-refractivity contribution in [1.29, 1.82) is 0 Å². The lowest BCUT2D eigenvalue weighted by Gasteiger charge is -1.92. The third kappa shape index (κ3) is 2.55. The van der Waals surface area contributed by atoms with E-state index in [0.717, 1.165) is 8.95 Å². The van der Waals surface area contributed by atoms with Gasteiger partial charge in [-0.25, -0.2) is 0 Å². The number of halogens is 3. The largest absolute Gasteiger partial charge is 0.0508 e. The zero-order valence-electron chi connectivity index (χ0n) is 4.37. The van der Waals surface area contributed by atoms with Crippen LogP contribution in [0, 0.1) is 3.57 Å². The van der Waals surface area contributed by atoms with Crippen molar-refractivity contribution in [3.8, 4) is 0 Å². The second-order valence-corrected chi connectivity index (χ2v) is 4.66. The highest BCUT2D eigenvalue weighted by atomic mass is 127. The fraction of sp³-hybridized carbons (Fsp3) is 0. The van der Waals surface area contributed by atoms with Crippen LogP contribution in [-0.2, 0) is 0 Å². The highest BCUT2D eigenvalue weighted by molar-refractivity contribution is 14.1. The number of benzene rings is 1. The Hall–Kier alpha value is 0.910. The Balaban J connectivity index is 3.17. The van der Waals surface area contributed by atoms with Crippen LogP contribution < -0.4 is 0 Å². The van der Waals surface area contributed by atoms with Crippen molar-refractivity contribution >= 4 is 54.5 Å².